The largest absolute Gasteiger partial charge is 0.370 e. The average molecular weight is 490 g/mol. The number of nitrogens with zero attached hydrogens (tertiary/aromatic N) is 9. The zero-order valence-corrected chi connectivity index (χ0v) is 19.7. The Labute approximate surface area is 206 Å². The molecule has 4 heterocycles. The lowest BCUT2D eigenvalue weighted by atomic mass is 9.96. The van der Waals surface area contributed by atoms with Crippen LogP contribution in [0.5, 0.6) is 0 Å². The Morgan fingerprint density at radius 1 is 1.25 bits per heavy atom. The van der Waals surface area contributed by atoms with Crippen molar-refractivity contribution >= 4 is 5.91 Å². The van der Waals surface area contributed by atoms with Crippen LogP contribution in [0.15, 0.2) is 24.7 Å². The third-order valence-corrected chi connectivity index (χ3v) is 7.51. The van der Waals surface area contributed by atoms with Gasteiger partial charge in [-0.05, 0) is 47.4 Å². The summed E-state index contributed by atoms with van der Waals surface area (Å²) in [6.07, 6.45) is 4.34. The number of carbonyl (C=O) groups is 1. The maximum absolute atomic E-state index is 14.0. The Hall–Kier alpha value is -3.82. The number of nitriles is 1. The number of rotatable bonds is 3. The summed E-state index contributed by atoms with van der Waals surface area (Å²) in [6.45, 7) is 4.82. The Kier molecular flexibility index (Phi) is 5.66. The summed E-state index contributed by atoms with van der Waals surface area (Å²) in [5.74, 6) is -0.266. The van der Waals surface area contributed by atoms with Crippen molar-refractivity contribution in [1.82, 2.24) is 40.0 Å². The van der Waals surface area contributed by atoms with Gasteiger partial charge < -0.3 is 9.64 Å². The van der Waals surface area contributed by atoms with E-state index in [1.165, 1.54) is 17.1 Å². The first kappa shape index (κ1) is 22.6. The first-order valence-electron chi connectivity index (χ1n) is 12.0. The van der Waals surface area contributed by atoms with Gasteiger partial charge in [0.05, 0.1) is 35.9 Å². The summed E-state index contributed by atoms with van der Waals surface area (Å²) >= 11 is 0. The Morgan fingerprint density at radius 2 is 2.14 bits per heavy atom. The van der Waals surface area contributed by atoms with Crippen LogP contribution in [-0.4, -0.2) is 84.7 Å². The molecule has 3 atom stereocenters. The van der Waals surface area contributed by atoms with Gasteiger partial charge in [0.2, 0.25) is 5.91 Å². The highest BCUT2D eigenvalue weighted by Gasteiger charge is 2.39. The smallest absolute Gasteiger partial charge is 0.253 e. The number of hydrogen-bond acceptors (Lipinski definition) is 9. The van der Waals surface area contributed by atoms with Gasteiger partial charge in [-0.2, -0.15) is 9.94 Å². The number of hydrogen-bond donors (Lipinski definition) is 0. The second kappa shape index (κ2) is 9.00. The van der Waals surface area contributed by atoms with Crippen LogP contribution in [-0.2, 0) is 16.0 Å². The predicted octanol–water partition coefficient (Wildman–Crippen LogP) is 1.09. The van der Waals surface area contributed by atoms with E-state index in [1.807, 2.05) is 11.0 Å². The van der Waals surface area contributed by atoms with Gasteiger partial charge in [-0.25, -0.2) is 14.4 Å². The number of ether oxygens (including phenoxy) is 1. The van der Waals surface area contributed by atoms with Crippen molar-refractivity contribution in [2.75, 3.05) is 32.8 Å². The van der Waals surface area contributed by atoms with E-state index < -0.39 is 5.82 Å². The second-order valence-electron chi connectivity index (χ2n) is 9.42. The van der Waals surface area contributed by atoms with E-state index in [-0.39, 0.29) is 29.5 Å². The van der Waals surface area contributed by atoms with E-state index in [1.54, 1.807) is 19.2 Å². The number of piperazine rings is 1. The summed E-state index contributed by atoms with van der Waals surface area (Å²) in [5, 5.41) is 20.4. The van der Waals surface area contributed by atoms with Crippen molar-refractivity contribution in [3.8, 4) is 12.0 Å². The van der Waals surface area contributed by atoms with Crippen LogP contribution in [0.4, 0.5) is 4.39 Å². The molecule has 3 aromatic rings. The number of aryl methyl sites for hydroxylation is 1. The standard InChI is InChI=1S/C24H24FN9O2/c1-14-16(2-4-20(25)18(14)8-26)22-11-32-6-7-33(10-15(32)12-36-22)23(35)17-3-5-21-19(17)9-27-24(29-21)34-13-28-30-31-34/h2,4,9,13,15,17,22H,3,5-7,10-12H2,1H3/t15-,17?,22?/m0/s1. The summed E-state index contributed by atoms with van der Waals surface area (Å²) in [4.78, 5) is 26.7. The minimum atomic E-state index is -0.509. The molecule has 2 saturated heterocycles. The van der Waals surface area contributed by atoms with Gasteiger partial charge in [-0.15, -0.1) is 5.10 Å². The summed E-state index contributed by atoms with van der Waals surface area (Å²) in [5.41, 5.74) is 3.27. The van der Waals surface area contributed by atoms with Gasteiger partial charge in [0.1, 0.15) is 18.2 Å². The van der Waals surface area contributed by atoms with Crippen LogP contribution < -0.4 is 0 Å². The molecule has 12 heteroatoms. The van der Waals surface area contributed by atoms with Crippen LogP contribution in [0.25, 0.3) is 5.95 Å². The molecule has 2 unspecified atom stereocenters. The minimum Gasteiger partial charge on any atom is -0.370 e. The normalized spacial score (nSPS) is 23.7. The molecule has 0 N–H and O–H groups in total. The lowest BCUT2D eigenvalue weighted by Crippen LogP contribution is -2.60. The molecule has 1 amide bonds. The molecule has 0 radical (unpaired) electrons. The number of morpholine rings is 1. The second-order valence-corrected chi connectivity index (χ2v) is 9.42. The average Bonchev–Trinajstić information content (AvgIpc) is 3.58. The number of halogens is 1. The molecule has 1 aliphatic carbocycles. The van der Waals surface area contributed by atoms with Crippen molar-refractivity contribution in [2.24, 2.45) is 0 Å². The molecule has 0 saturated carbocycles. The van der Waals surface area contributed by atoms with Gasteiger partial charge in [-0.1, -0.05) is 6.07 Å². The number of fused-ring (bicyclic) bond motifs is 2. The molecule has 2 aliphatic heterocycles. The number of aromatic nitrogens is 6. The highest BCUT2D eigenvalue weighted by molar-refractivity contribution is 5.85. The fraction of sp³-hybridized carbons (Fsp3) is 0.458. The molecule has 0 bridgehead atoms. The highest BCUT2D eigenvalue weighted by Crippen LogP contribution is 2.35. The van der Waals surface area contributed by atoms with Gasteiger partial charge in [-0.3, -0.25) is 9.69 Å². The summed E-state index contributed by atoms with van der Waals surface area (Å²) in [7, 11) is 0. The molecule has 11 nitrogen and oxygen atoms in total. The van der Waals surface area contributed by atoms with E-state index >= 15 is 0 Å². The Bertz CT molecular complexity index is 1360. The molecule has 2 aromatic heterocycles. The molecule has 0 spiro atoms. The monoisotopic (exact) mass is 489 g/mol. The molecule has 36 heavy (non-hydrogen) atoms. The molecular formula is C24H24FN9O2. The van der Waals surface area contributed by atoms with Gasteiger partial charge >= 0.3 is 0 Å². The van der Waals surface area contributed by atoms with Crippen molar-refractivity contribution in [2.45, 2.75) is 37.8 Å². The van der Waals surface area contributed by atoms with Crippen LogP contribution in [0.2, 0.25) is 0 Å². The number of amides is 1. The summed E-state index contributed by atoms with van der Waals surface area (Å²) < 4.78 is 21.5. The SMILES string of the molecule is Cc1c(C2CN3CCN(C(=O)C4CCc5nc(-n6cnnn6)ncc54)C[C@H]3CO2)ccc(F)c1C#N. The quantitative estimate of drug-likeness (QED) is 0.531. The van der Waals surface area contributed by atoms with Crippen molar-refractivity contribution in [3.63, 3.8) is 0 Å². The lowest BCUT2D eigenvalue weighted by molar-refractivity contribution is -0.141. The zero-order valence-electron chi connectivity index (χ0n) is 19.7. The van der Waals surface area contributed by atoms with E-state index in [0.29, 0.717) is 50.6 Å². The summed E-state index contributed by atoms with van der Waals surface area (Å²) in [6, 6.07) is 5.09. The first-order chi connectivity index (χ1) is 17.5. The molecular weight excluding hydrogens is 465 g/mol. The van der Waals surface area contributed by atoms with E-state index in [4.69, 9.17) is 4.74 Å². The van der Waals surface area contributed by atoms with E-state index in [2.05, 4.69) is 30.4 Å². The van der Waals surface area contributed by atoms with Crippen molar-refractivity contribution < 1.29 is 13.9 Å². The van der Waals surface area contributed by atoms with Gasteiger partial charge in [0.15, 0.2) is 0 Å². The number of carbonyl (C=O) groups excluding carboxylic acids is 1. The molecule has 2 fully saturated rings. The van der Waals surface area contributed by atoms with E-state index in [9.17, 15) is 14.4 Å². The fourth-order valence-electron chi connectivity index (χ4n) is 5.54. The highest BCUT2D eigenvalue weighted by atomic mass is 19.1. The lowest BCUT2D eigenvalue weighted by Gasteiger charge is -2.46. The van der Waals surface area contributed by atoms with Gasteiger partial charge in [0.25, 0.3) is 5.95 Å². The van der Waals surface area contributed by atoms with E-state index in [0.717, 1.165) is 23.4 Å². The molecule has 184 valence electrons. The topological polar surface area (TPSA) is 126 Å². The molecule has 6 rings (SSSR count). The maximum Gasteiger partial charge on any atom is 0.253 e. The van der Waals surface area contributed by atoms with Crippen LogP contribution in [0.3, 0.4) is 0 Å². The predicted molar refractivity (Wildman–Crippen MR) is 122 cm³/mol. The van der Waals surface area contributed by atoms with Crippen LogP contribution in [0.1, 0.15) is 46.4 Å². The fourth-order valence-corrected chi connectivity index (χ4v) is 5.54. The first-order valence-corrected chi connectivity index (χ1v) is 12.0. The number of tetrazole rings is 1. The molecule has 1 aromatic carbocycles. The van der Waals surface area contributed by atoms with Gasteiger partial charge in [0, 0.05) is 37.9 Å². The Balaban J connectivity index is 1.12. The molecule has 3 aliphatic rings. The van der Waals surface area contributed by atoms with Crippen LogP contribution >= 0.6 is 0 Å². The third kappa shape index (κ3) is 3.81. The zero-order chi connectivity index (χ0) is 24.8. The number of benzene rings is 1. The maximum atomic E-state index is 14.0. The Morgan fingerprint density at radius 3 is 2.94 bits per heavy atom. The third-order valence-electron chi connectivity index (χ3n) is 7.51. The van der Waals surface area contributed by atoms with Crippen molar-refractivity contribution in [1.29, 1.82) is 5.26 Å². The van der Waals surface area contributed by atoms with Crippen LogP contribution in [0, 0.1) is 24.1 Å². The van der Waals surface area contributed by atoms with Crippen molar-refractivity contribution in [3.05, 3.63) is 58.4 Å². The minimum absolute atomic E-state index is 0.0690.